The van der Waals surface area contributed by atoms with E-state index in [2.05, 4.69) is 24.9 Å². The predicted molar refractivity (Wildman–Crippen MR) is 57.8 cm³/mol. The highest BCUT2D eigenvalue weighted by Gasteiger charge is 2.38. The van der Waals surface area contributed by atoms with Gasteiger partial charge in [-0.25, -0.2) is 4.79 Å². The maximum absolute atomic E-state index is 10.6. The summed E-state index contributed by atoms with van der Waals surface area (Å²) in [5, 5.41) is 7.12. The topological polar surface area (TPSA) is 53.1 Å². The van der Waals surface area contributed by atoms with Gasteiger partial charge in [-0.05, 0) is 31.4 Å². The van der Waals surface area contributed by atoms with Crippen LogP contribution in [-0.4, -0.2) is 22.2 Å². The molecule has 0 bridgehead atoms. The summed E-state index contributed by atoms with van der Waals surface area (Å²) < 4.78 is 31.7. The lowest BCUT2D eigenvalue weighted by molar-refractivity contribution is -0.192. The number of unbranched alkanes of at least 4 members (excludes halogenated alkanes) is 1. The first kappa shape index (κ1) is 15.5. The van der Waals surface area contributed by atoms with E-state index in [1.165, 1.54) is 30.5 Å². The third-order valence-corrected chi connectivity index (χ3v) is 2.11. The molecule has 0 radical (unpaired) electrons. The Morgan fingerprint density at radius 2 is 2.00 bits per heavy atom. The van der Waals surface area contributed by atoms with Crippen LogP contribution in [0.3, 0.4) is 0 Å². The van der Waals surface area contributed by atoms with Crippen molar-refractivity contribution in [3.8, 4) is 0 Å². The Morgan fingerprint density at radius 1 is 1.47 bits per heavy atom. The van der Waals surface area contributed by atoms with E-state index in [9.17, 15) is 13.2 Å². The van der Waals surface area contributed by atoms with Crippen molar-refractivity contribution in [3.05, 3.63) is 23.5 Å². The molecule has 0 saturated heterocycles. The Labute approximate surface area is 97.7 Å². The molecule has 17 heavy (non-hydrogen) atoms. The minimum absolute atomic E-state index is 1.23. The van der Waals surface area contributed by atoms with Crippen LogP contribution >= 0.6 is 0 Å². The van der Waals surface area contributed by atoms with Gasteiger partial charge in [-0.15, -0.1) is 0 Å². The molecule has 0 aromatic carbocycles. The number of aliphatic carboxylic acids is 1. The molecule has 98 valence electrons. The molecule has 6 heteroatoms. The number of rotatable bonds is 3. The number of nitrogens with one attached hydrogen (secondary N) is 1. The van der Waals surface area contributed by atoms with Crippen LogP contribution in [0.25, 0.3) is 0 Å². The summed E-state index contributed by atoms with van der Waals surface area (Å²) in [6, 6.07) is 2.17. The van der Waals surface area contributed by atoms with Gasteiger partial charge >= 0.3 is 12.1 Å². The fraction of sp³-hybridized carbons (Fsp3) is 0.545. The largest absolute Gasteiger partial charge is 0.490 e. The van der Waals surface area contributed by atoms with Crippen LogP contribution in [-0.2, 0) is 11.2 Å². The molecule has 1 aromatic heterocycles. The highest BCUT2D eigenvalue weighted by atomic mass is 19.4. The SMILES string of the molecule is CCCCc1cc[nH]c1C.O=C(O)C(F)(F)F. The van der Waals surface area contributed by atoms with E-state index in [0.29, 0.717) is 0 Å². The highest BCUT2D eigenvalue weighted by molar-refractivity contribution is 5.73. The van der Waals surface area contributed by atoms with E-state index in [-0.39, 0.29) is 0 Å². The molecule has 1 heterocycles. The summed E-state index contributed by atoms with van der Waals surface area (Å²) in [6.07, 6.45) is 0.746. The standard InChI is InChI=1S/C9H15N.C2HF3O2/c1-3-4-5-9-6-7-10-8(9)2;3-2(4,5)1(6)7/h6-7,10H,3-5H2,1-2H3;(H,6,7). The van der Waals surface area contributed by atoms with Gasteiger partial charge in [0.25, 0.3) is 0 Å². The molecule has 1 aromatic rings. The van der Waals surface area contributed by atoms with Crippen molar-refractivity contribution in [3.63, 3.8) is 0 Å². The summed E-state index contributed by atoms with van der Waals surface area (Å²) in [4.78, 5) is 12.1. The van der Waals surface area contributed by atoms with Crippen molar-refractivity contribution < 1.29 is 23.1 Å². The van der Waals surface area contributed by atoms with Gasteiger partial charge in [0.05, 0.1) is 0 Å². The van der Waals surface area contributed by atoms with Gasteiger partial charge in [-0.2, -0.15) is 13.2 Å². The van der Waals surface area contributed by atoms with Gasteiger partial charge in [0.1, 0.15) is 0 Å². The number of carboxylic acid groups (broad SMARTS) is 1. The minimum Gasteiger partial charge on any atom is -0.475 e. The molecule has 0 aliphatic heterocycles. The molecule has 0 aliphatic rings. The van der Waals surface area contributed by atoms with Crippen molar-refractivity contribution >= 4 is 5.97 Å². The second-order valence-corrected chi connectivity index (χ2v) is 3.53. The van der Waals surface area contributed by atoms with Gasteiger partial charge in [0, 0.05) is 11.9 Å². The van der Waals surface area contributed by atoms with Gasteiger partial charge in [0.2, 0.25) is 0 Å². The van der Waals surface area contributed by atoms with Crippen LogP contribution in [0.15, 0.2) is 12.3 Å². The second kappa shape index (κ2) is 6.98. The zero-order valence-corrected chi connectivity index (χ0v) is 9.77. The lowest BCUT2D eigenvalue weighted by Gasteiger charge is -1.95. The number of aryl methyl sites for hydroxylation is 2. The zero-order valence-electron chi connectivity index (χ0n) is 9.77. The average Bonchev–Trinajstić information content (AvgIpc) is 2.60. The number of aromatic nitrogens is 1. The van der Waals surface area contributed by atoms with Crippen LogP contribution in [0.2, 0.25) is 0 Å². The lowest BCUT2D eigenvalue weighted by atomic mass is 10.1. The average molecular weight is 251 g/mol. The van der Waals surface area contributed by atoms with E-state index in [4.69, 9.17) is 9.90 Å². The van der Waals surface area contributed by atoms with Crippen LogP contribution in [0.4, 0.5) is 13.2 Å². The Bertz CT molecular complexity index is 345. The third kappa shape index (κ3) is 6.65. The summed E-state index contributed by atoms with van der Waals surface area (Å²) in [5.74, 6) is -2.76. The summed E-state index contributed by atoms with van der Waals surface area (Å²) in [7, 11) is 0. The number of aromatic amines is 1. The first-order valence-electron chi connectivity index (χ1n) is 5.22. The summed E-state index contributed by atoms with van der Waals surface area (Å²) in [6.45, 7) is 4.35. The third-order valence-electron chi connectivity index (χ3n) is 2.11. The van der Waals surface area contributed by atoms with E-state index in [1.807, 2.05) is 6.20 Å². The van der Waals surface area contributed by atoms with Gasteiger partial charge in [-0.1, -0.05) is 13.3 Å². The smallest absolute Gasteiger partial charge is 0.475 e. The number of H-pyrrole nitrogens is 1. The summed E-state index contributed by atoms with van der Waals surface area (Å²) in [5.41, 5.74) is 2.80. The molecular weight excluding hydrogens is 235 g/mol. The molecule has 0 saturated carbocycles. The molecule has 0 fully saturated rings. The maximum atomic E-state index is 10.6. The molecule has 0 amide bonds. The monoisotopic (exact) mass is 251 g/mol. The molecule has 1 rings (SSSR count). The molecule has 0 spiro atoms. The highest BCUT2D eigenvalue weighted by Crippen LogP contribution is 2.13. The minimum atomic E-state index is -5.08. The van der Waals surface area contributed by atoms with Crippen LogP contribution in [0, 0.1) is 6.92 Å². The van der Waals surface area contributed by atoms with E-state index < -0.39 is 12.1 Å². The number of carbonyl (C=O) groups is 1. The second-order valence-electron chi connectivity index (χ2n) is 3.53. The molecular formula is C11H16F3NO2. The number of hydrogen-bond donors (Lipinski definition) is 2. The molecule has 2 N–H and O–H groups in total. The molecule has 3 nitrogen and oxygen atoms in total. The van der Waals surface area contributed by atoms with E-state index in [1.54, 1.807) is 0 Å². The van der Waals surface area contributed by atoms with Crippen molar-refractivity contribution in [1.29, 1.82) is 0 Å². The quantitative estimate of drug-likeness (QED) is 0.866. The number of alkyl halides is 3. The van der Waals surface area contributed by atoms with Crippen LogP contribution in [0.5, 0.6) is 0 Å². The Hall–Kier alpha value is -1.46. The van der Waals surface area contributed by atoms with Crippen molar-refractivity contribution in [2.24, 2.45) is 0 Å². The van der Waals surface area contributed by atoms with Gasteiger partial charge < -0.3 is 10.1 Å². The summed E-state index contributed by atoms with van der Waals surface area (Å²) >= 11 is 0. The number of hydrogen-bond acceptors (Lipinski definition) is 1. The predicted octanol–water partition coefficient (Wildman–Crippen LogP) is 3.30. The van der Waals surface area contributed by atoms with Crippen molar-refractivity contribution in [2.75, 3.05) is 0 Å². The van der Waals surface area contributed by atoms with Crippen molar-refractivity contribution in [2.45, 2.75) is 39.3 Å². The molecule has 0 aliphatic carbocycles. The lowest BCUT2D eigenvalue weighted by Crippen LogP contribution is -2.21. The Kier molecular flexibility index (Phi) is 6.38. The maximum Gasteiger partial charge on any atom is 0.490 e. The molecule has 0 atom stereocenters. The number of halogens is 3. The zero-order chi connectivity index (χ0) is 13.5. The molecule has 0 unspecified atom stereocenters. The normalized spacial score (nSPS) is 10.6. The van der Waals surface area contributed by atoms with E-state index in [0.717, 1.165) is 0 Å². The van der Waals surface area contributed by atoms with Crippen LogP contribution < -0.4 is 0 Å². The fourth-order valence-electron chi connectivity index (χ4n) is 1.12. The number of carboxylic acids is 1. The Balaban J connectivity index is 0.000000325. The first-order chi connectivity index (χ1) is 7.79. The van der Waals surface area contributed by atoms with Gasteiger partial charge in [-0.3, -0.25) is 0 Å². The first-order valence-corrected chi connectivity index (χ1v) is 5.22. The van der Waals surface area contributed by atoms with E-state index >= 15 is 0 Å². The van der Waals surface area contributed by atoms with Crippen LogP contribution in [0.1, 0.15) is 31.0 Å². The van der Waals surface area contributed by atoms with Crippen molar-refractivity contribution in [1.82, 2.24) is 4.98 Å². The fourth-order valence-corrected chi connectivity index (χ4v) is 1.12. The van der Waals surface area contributed by atoms with Gasteiger partial charge in [0.15, 0.2) is 0 Å². The Morgan fingerprint density at radius 3 is 2.29 bits per heavy atom.